The van der Waals surface area contributed by atoms with Crippen LogP contribution in [0.1, 0.15) is 32.6 Å². The van der Waals surface area contributed by atoms with E-state index >= 15 is 8.78 Å². The predicted molar refractivity (Wildman–Crippen MR) is 166 cm³/mol. The molecule has 7 rings (SSSR count). The smallest absolute Gasteiger partial charge is 0.319 e. The van der Waals surface area contributed by atoms with E-state index in [1.54, 1.807) is 29.2 Å². The molecule has 4 aromatic rings. The van der Waals surface area contributed by atoms with Crippen LogP contribution in [-0.4, -0.2) is 81.7 Å². The number of aromatic hydroxyl groups is 1. The van der Waals surface area contributed by atoms with Gasteiger partial charge in [0.25, 0.3) is 0 Å². The molecular weight excluding hydrogens is 564 g/mol. The second kappa shape index (κ2) is 11.0. The lowest BCUT2D eigenvalue weighted by Gasteiger charge is -2.40. The summed E-state index contributed by atoms with van der Waals surface area (Å²) in [4.78, 5) is 28.1. The van der Waals surface area contributed by atoms with E-state index in [1.807, 2.05) is 6.92 Å². The number of ether oxygens (including phenoxy) is 1. The number of nitrogens with zero attached hydrogens (tertiary/aromatic N) is 5. The highest BCUT2D eigenvalue weighted by atomic mass is 19.1. The van der Waals surface area contributed by atoms with Crippen LogP contribution in [0.4, 0.5) is 14.6 Å². The Hall–Kier alpha value is -4.31. The molecule has 0 bridgehead atoms. The molecule has 0 saturated carbocycles. The molecule has 1 aromatic heterocycles. The Labute approximate surface area is 254 Å². The number of halogens is 2. The number of amides is 1. The van der Waals surface area contributed by atoms with Crippen molar-refractivity contribution in [3.05, 3.63) is 66.8 Å². The summed E-state index contributed by atoms with van der Waals surface area (Å²) in [6.07, 6.45) is 5.63. The fourth-order valence-electron chi connectivity index (χ4n) is 7.46. The van der Waals surface area contributed by atoms with Gasteiger partial charge in [-0.15, -0.1) is 0 Å². The molecule has 3 aromatic carbocycles. The minimum absolute atomic E-state index is 0.0547. The Morgan fingerprint density at radius 2 is 1.89 bits per heavy atom. The number of aromatic nitrogens is 2. The predicted octanol–water partition coefficient (Wildman–Crippen LogP) is 5.66. The normalized spacial score (nSPS) is 19.9. The molecule has 0 unspecified atom stereocenters. The third-order valence-corrected chi connectivity index (χ3v) is 9.63. The summed E-state index contributed by atoms with van der Waals surface area (Å²) >= 11 is 0. The fourth-order valence-corrected chi connectivity index (χ4v) is 7.46. The molecule has 0 radical (unpaired) electrons. The monoisotopic (exact) mass is 599 g/mol. The lowest BCUT2D eigenvalue weighted by molar-refractivity contribution is -0.126. The summed E-state index contributed by atoms with van der Waals surface area (Å²) in [6, 6.07) is 10.7. The second-order valence-corrected chi connectivity index (χ2v) is 12.2. The van der Waals surface area contributed by atoms with Crippen LogP contribution in [-0.2, 0) is 4.79 Å². The lowest BCUT2D eigenvalue weighted by atomic mass is 9.95. The van der Waals surface area contributed by atoms with Crippen molar-refractivity contribution in [2.24, 2.45) is 0 Å². The molecular formula is C34H35F2N5O3. The van der Waals surface area contributed by atoms with E-state index in [4.69, 9.17) is 9.72 Å². The first kappa shape index (κ1) is 28.5. The van der Waals surface area contributed by atoms with Crippen molar-refractivity contribution in [3.63, 3.8) is 0 Å². The number of carbonyl (C=O) groups excluding carboxylic acids is 1. The zero-order chi connectivity index (χ0) is 30.6. The van der Waals surface area contributed by atoms with Crippen LogP contribution in [0.15, 0.2) is 55.1 Å². The Morgan fingerprint density at radius 3 is 2.64 bits per heavy atom. The Kier molecular flexibility index (Phi) is 7.11. The van der Waals surface area contributed by atoms with Gasteiger partial charge in [0.2, 0.25) is 5.91 Å². The van der Waals surface area contributed by atoms with E-state index in [1.165, 1.54) is 24.3 Å². The molecule has 4 heterocycles. The number of benzene rings is 3. The van der Waals surface area contributed by atoms with Gasteiger partial charge >= 0.3 is 6.01 Å². The van der Waals surface area contributed by atoms with Crippen LogP contribution in [0, 0.1) is 11.6 Å². The summed E-state index contributed by atoms with van der Waals surface area (Å²) in [6.45, 7) is 9.52. The van der Waals surface area contributed by atoms with E-state index < -0.39 is 11.6 Å². The second-order valence-electron chi connectivity index (χ2n) is 12.2. The maximum Gasteiger partial charge on any atom is 0.319 e. The Bertz CT molecular complexity index is 1790. The number of rotatable bonds is 6. The molecule has 0 spiro atoms. The molecule has 8 nitrogen and oxygen atoms in total. The first-order valence-corrected chi connectivity index (χ1v) is 15.3. The van der Waals surface area contributed by atoms with Gasteiger partial charge in [-0.25, -0.2) is 8.78 Å². The summed E-state index contributed by atoms with van der Waals surface area (Å²) in [5, 5.41) is 11.6. The van der Waals surface area contributed by atoms with Crippen LogP contribution >= 0.6 is 0 Å². The molecule has 3 saturated heterocycles. The van der Waals surface area contributed by atoms with Crippen molar-refractivity contribution < 1.29 is 23.4 Å². The van der Waals surface area contributed by atoms with Crippen LogP contribution in [0.5, 0.6) is 11.8 Å². The molecule has 1 N–H and O–H groups in total. The van der Waals surface area contributed by atoms with Crippen molar-refractivity contribution in [3.8, 4) is 22.9 Å². The first-order valence-electron chi connectivity index (χ1n) is 15.3. The number of fused-ring (bicyclic) bond motifs is 3. The van der Waals surface area contributed by atoms with Crippen LogP contribution in [0.3, 0.4) is 0 Å². The standard InChI is InChI=1S/C34H35F2N5O3/c1-3-28(43)39-15-16-41(21(2)19-39)32-25-10-9-24(26-18-23(42)17-22-7-4-8-27(35)29(22)26)30(36)31(25)37-33(38-32)44-20-34-11-5-13-40(34)14-6-12-34/h3-4,7-10,17-18,21,42H,1,5-6,11-16,19-20H2,2H3/t21-/m1/s1. The van der Waals surface area contributed by atoms with Gasteiger partial charge < -0.3 is 19.6 Å². The van der Waals surface area contributed by atoms with Crippen molar-refractivity contribution in [2.45, 2.75) is 44.2 Å². The van der Waals surface area contributed by atoms with Crippen LogP contribution < -0.4 is 9.64 Å². The molecule has 44 heavy (non-hydrogen) atoms. The maximum absolute atomic E-state index is 16.7. The van der Waals surface area contributed by atoms with Crippen molar-refractivity contribution in [2.75, 3.05) is 44.2 Å². The van der Waals surface area contributed by atoms with Gasteiger partial charge in [-0.05, 0) is 87.0 Å². The van der Waals surface area contributed by atoms with Gasteiger partial charge in [0.05, 0.1) is 5.54 Å². The van der Waals surface area contributed by atoms with Crippen molar-refractivity contribution in [1.82, 2.24) is 19.8 Å². The zero-order valence-corrected chi connectivity index (χ0v) is 24.7. The number of phenolic OH excluding ortho intramolecular Hbond substituents is 1. The molecule has 10 heteroatoms. The Morgan fingerprint density at radius 1 is 1.09 bits per heavy atom. The van der Waals surface area contributed by atoms with E-state index in [2.05, 4.69) is 21.4 Å². The van der Waals surface area contributed by atoms with E-state index in [-0.39, 0.29) is 51.3 Å². The first-order chi connectivity index (χ1) is 21.3. The maximum atomic E-state index is 16.7. The van der Waals surface area contributed by atoms with Gasteiger partial charge in [-0.2, -0.15) is 9.97 Å². The van der Waals surface area contributed by atoms with Crippen molar-refractivity contribution in [1.29, 1.82) is 0 Å². The van der Waals surface area contributed by atoms with Gasteiger partial charge in [-0.1, -0.05) is 24.8 Å². The van der Waals surface area contributed by atoms with Gasteiger partial charge in [0.15, 0.2) is 5.82 Å². The van der Waals surface area contributed by atoms with Gasteiger partial charge in [0, 0.05) is 42.0 Å². The number of hydrogen-bond donors (Lipinski definition) is 1. The lowest BCUT2D eigenvalue weighted by Crippen LogP contribution is -2.53. The quantitative estimate of drug-likeness (QED) is 0.286. The van der Waals surface area contributed by atoms with Gasteiger partial charge in [0.1, 0.15) is 29.5 Å². The van der Waals surface area contributed by atoms with E-state index in [9.17, 15) is 9.90 Å². The summed E-state index contributed by atoms with van der Waals surface area (Å²) in [5.74, 6) is -0.871. The molecule has 1 amide bonds. The molecule has 0 aliphatic carbocycles. The van der Waals surface area contributed by atoms with Crippen molar-refractivity contribution >= 4 is 33.4 Å². The van der Waals surface area contributed by atoms with E-state index in [0.717, 1.165) is 38.8 Å². The van der Waals surface area contributed by atoms with Crippen LogP contribution in [0.2, 0.25) is 0 Å². The molecule has 3 aliphatic rings. The van der Waals surface area contributed by atoms with Crippen LogP contribution in [0.25, 0.3) is 32.8 Å². The third kappa shape index (κ3) is 4.72. The highest BCUT2D eigenvalue weighted by Crippen LogP contribution is 2.41. The number of anilines is 1. The van der Waals surface area contributed by atoms with Gasteiger partial charge in [-0.3, -0.25) is 9.69 Å². The fraction of sp³-hybridized carbons (Fsp3) is 0.382. The van der Waals surface area contributed by atoms with E-state index in [0.29, 0.717) is 42.8 Å². The molecule has 3 aliphatic heterocycles. The topological polar surface area (TPSA) is 82.0 Å². The minimum atomic E-state index is -0.652. The number of hydrogen-bond acceptors (Lipinski definition) is 7. The Balaban J connectivity index is 1.35. The minimum Gasteiger partial charge on any atom is -0.508 e. The average molecular weight is 600 g/mol. The number of piperazine rings is 1. The zero-order valence-electron chi connectivity index (χ0n) is 24.7. The summed E-state index contributed by atoms with van der Waals surface area (Å²) in [7, 11) is 0. The average Bonchev–Trinajstić information content (AvgIpc) is 3.60. The highest BCUT2D eigenvalue weighted by Gasteiger charge is 2.45. The summed E-state index contributed by atoms with van der Waals surface area (Å²) < 4.78 is 38.1. The molecule has 1 atom stereocenters. The third-order valence-electron chi connectivity index (χ3n) is 9.63. The highest BCUT2D eigenvalue weighted by molar-refractivity contribution is 6.01. The molecule has 3 fully saturated rings. The number of carbonyl (C=O) groups is 1. The number of phenols is 1. The molecule has 228 valence electrons. The summed E-state index contributed by atoms with van der Waals surface area (Å²) in [5.41, 5.74) is 0.349. The SMILES string of the molecule is C=CC(=O)N1CCN(c2nc(OCC34CCCN3CCC4)nc3c(F)c(-c4cc(O)cc5cccc(F)c45)ccc23)[C@H](C)C1. The largest absolute Gasteiger partial charge is 0.508 e.